The fraction of sp³-hybridized carbons (Fsp3) is 0.320. The van der Waals surface area contributed by atoms with E-state index in [1.54, 1.807) is 10.6 Å². The van der Waals surface area contributed by atoms with Gasteiger partial charge in [-0.3, -0.25) is 9.36 Å². The molecule has 3 aromatic rings. The lowest BCUT2D eigenvalue weighted by molar-refractivity contribution is 0.590. The molecule has 0 spiro atoms. The van der Waals surface area contributed by atoms with Gasteiger partial charge in [0.05, 0.1) is 0 Å². The van der Waals surface area contributed by atoms with Crippen molar-refractivity contribution in [3.8, 4) is 0 Å². The topological polar surface area (TPSA) is 59.8 Å². The summed E-state index contributed by atoms with van der Waals surface area (Å²) in [4.78, 5) is 13.1. The Balaban J connectivity index is 1.82. The minimum Gasteiger partial charge on any atom is -0.334 e. The Morgan fingerprint density at radius 2 is 1.81 bits per heavy atom. The first-order chi connectivity index (χ1) is 14.7. The van der Waals surface area contributed by atoms with E-state index >= 15 is 0 Å². The number of nitrogens with one attached hydrogen (secondary N) is 1. The zero-order valence-electron chi connectivity index (χ0n) is 18.9. The summed E-state index contributed by atoms with van der Waals surface area (Å²) in [5.41, 5.74) is 5.40. The molecule has 3 rings (SSSR count). The van der Waals surface area contributed by atoms with Crippen LogP contribution in [0.5, 0.6) is 0 Å². The van der Waals surface area contributed by atoms with Crippen LogP contribution in [0, 0.1) is 13.8 Å². The fourth-order valence-corrected chi connectivity index (χ4v) is 4.03. The molecule has 0 atom stereocenters. The summed E-state index contributed by atoms with van der Waals surface area (Å²) in [6, 6.07) is 14.6. The van der Waals surface area contributed by atoms with Crippen LogP contribution in [-0.4, -0.2) is 14.8 Å². The van der Waals surface area contributed by atoms with E-state index in [2.05, 4.69) is 67.1 Å². The molecular weight excluding hydrogens is 404 g/mol. The molecule has 0 unspecified atom stereocenters. The lowest BCUT2D eigenvalue weighted by atomic mass is 9.87. The molecule has 31 heavy (non-hydrogen) atoms. The van der Waals surface area contributed by atoms with Gasteiger partial charge in [0.25, 0.3) is 5.56 Å². The normalized spacial score (nSPS) is 11.4. The number of benzene rings is 2. The van der Waals surface area contributed by atoms with Gasteiger partial charge in [-0.25, -0.2) is 0 Å². The number of aryl methyl sites for hydroxylation is 2. The van der Waals surface area contributed by atoms with E-state index in [9.17, 15) is 4.79 Å². The molecule has 6 heteroatoms. The summed E-state index contributed by atoms with van der Waals surface area (Å²) in [5.74, 6) is 0.925. The minimum absolute atomic E-state index is 0.125. The van der Waals surface area contributed by atoms with Crippen molar-refractivity contribution in [1.29, 1.82) is 0 Å². The summed E-state index contributed by atoms with van der Waals surface area (Å²) >= 11 is 1.50. The SMILES string of the molecule is C=CCn1c(SCc2ccc(C(C)(C)C)cc2)nnc(Nc2cc(C)ccc2C)c1=O. The van der Waals surface area contributed by atoms with E-state index in [-0.39, 0.29) is 16.8 Å². The lowest BCUT2D eigenvalue weighted by Crippen LogP contribution is -2.26. The van der Waals surface area contributed by atoms with Crippen LogP contribution >= 0.6 is 11.8 Å². The van der Waals surface area contributed by atoms with Crippen LogP contribution in [0.3, 0.4) is 0 Å². The number of nitrogens with zero attached hydrogens (tertiary/aromatic N) is 3. The molecule has 0 aliphatic heterocycles. The molecule has 0 amide bonds. The smallest absolute Gasteiger partial charge is 0.297 e. The first kappa shape index (κ1) is 22.8. The Hall–Kier alpha value is -2.86. The Bertz CT molecular complexity index is 1130. The van der Waals surface area contributed by atoms with E-state index in [0.717, 1.165) is 16.8 Å². The Morgan fingerprint density at radius 1 is 1.10 bits per heavy atom. The molecule has 0 bridgehead atoms. The van der Waals surface area contributed by atoms with Crippen LogP contribution in [-0.2, 0) is 17.7 Å². The van der Waals surface area contributed by atoms with Gasteiger partial charge in [-0.15, -0.1) is 16.8 Å². The largest absolute Gasteiger partial charge is 0.334 e. The molecule has 2 aromatic carbocycles. The molecule has 1 heterocycles. The van der Waals surface area contributed by atoms with Crippen LogP contribution in [0.15, 0.2) is 65.1 Å². The van der Waals surface area contributed by atoms with Crippen LogP contribution in [0.25, 0.3) is 0 Å². The molecule has 0 saturated carbocycles. The first-order valence-corrected chi connectivity index (χ1v) is 11.3. The average Bonchev–Trinajstić information content (AvgIpc) is 2.72. The van der Waals surface area contributed by atoms with Gasteiger partial charge in [-0.2, -0.15) is 0 Å². The van der Waals surface area contributed by atoms with Gasteiger partial charge in [0.2, 0.25) is 5.82 Å². The third kappa shape index (κ3) is 5.64. The average molecular weight is 435 g/mol. The van der Waals surface area contributed by atoms with Crippen LogP contribution in [0.1, 0.15) is 43.0 Å². The number of hydrogen-bond acceptors (Lipinski definition) is 5. The third-order valence-corrected chi connectivity index (χ3v) is 6.10. The van der Waals surface area contributed by atoms with Crippen LogP contribution < -0.4 is 10.9 Å². The van der Waals surface area contributed by atoms with E-state index in [1.807, 2.05) is 32.0 Å². The molecule has 0 aliphatic rings. The highest BCUT2D eigenvalue weighted by molar-refractivity contribution is 7.98. The molecule has 162 valence electrons. The Kier molecular flexibility index (Phi) is 7.01. The van der Waals surface area contributed by atoms with Gasteiger partial charge in [0.1, 0.15) is 0 Å². The lowest BCUT2D eigenvalue weighted by Gasteiger charge is -2.19. The van der Waals surface area contributed by atoms with Crippen molar-refractivity contribution in [3.63, 3.8) is 0 Å². The van der Waals surface area contributed by atoms with Gasteiger partial charge >= 0.3 is 0 Å². The van der Waals surface area contributed by atoms with Gasteiger partial charge in [-0.05, 0) is 47.6 Å². The molecular formula is C25H30N4OS. The second kappa shape index (κ2) is 9.52. The van der Waals surface area contributed by atoms with Gasteiger partial charge in [0, 0.05) is 18.0 Å². The van der Waals surface area contributed by atoms with Crippen molar-refractivity contribution < 1.29 is 0 Å². The standard InChI is InChI=1S/C25H30N4OS/c1-7-14-29-23(30)22(26-21-15-17(2)8-9-18(21)3)27-28-24(29)31-16-19-10-12-20(13-11-19)25(4,5)6/h7-13,15H,1,14,16H2,2-6H3,(H,26,27). The number of aromatic nitrogens is 3. The number of allylic oxidation sites excluding steroid dienone is 1. The number of hydrogen-bond donors (Lipinski definition) is 1. The summed E-state index contributed by atoms with van der Waals surface area (Å²) in [7, 11) is 0. The van der Waals surface area contributed by atoms with Gasteiger partial charge in [0.15, 0.2) is 5.16 Å². The number of thioether (sulfide) groups is 1. The molecule has 0 aliphatic carbocycles. The van der Waals surface area contributed by atoms with E-state index in [4.69, 9.17) is 0 Å². The van der Waals surface area contributed by atoms with Crippen LogP contribution in [0.4, 0.5) is 11.5 Å². The second-order valence-corrected chi connectivity index (χ2v) is 9.66. The van der Waals surface area contributed by atoms with Crippen molar-refractivity contribution >= 4 is 23.3 Å². The zero-order chi connectivity index (χ0) is 22.6. The van der Waals surface area contributed by atoms with Crippen molar-refractivity contribution in [1.82, 2.24) is 14.8 Å². The molecule has 0 radical (unpaired) electrons. The summed E-state index contributed by atoms with van der Waals surface area (Å²) in [6.45, 7) is 14.8. The molecule has 1 N–H and O–H groups in total. The molecule has 5 nitrogen and oxygen atoms in total. The Morgan fingerprint density at radius 3 is 2.45 bits per heavy atom. The fourth-order valence-electron chi connectivity index (χ4n) is 3.13. The number of anilines is 2. The highest BCUT2D eigenvalue weighted by Crippen LogP contribution is 2.25. The Labute approximate surface area is 188 Å². The quantitative estimate of drug-likeness (QED) is 0.378. The summed E-state index contributed by atoms with van der Waals surface area (Å²) in [6.07, 6.45) is 1.70. The van der Waals surface area contributed by atoms with Crippen molar-refractivity contribution in [2.75, 3.05) is 5.32 Å². The van der Waals surface area contributed by atoms with Crippen molar-refractivity contribution in [2.24, 2.45) is 0 Å². The maximum Gasteiger partial charge on any atom is 0.297 e. The molecule has 0 fully saturated rings. The maximum atomic E-state index is 13.1. The maximum absolute atomic E-state index is 13.1. The van der Waals surface area contributed by atoms with Gasteiger partial charge in [-0.1, -0.05) is 75.0 Å². The molecule has 0 saturated heterocycles. The van der Waals surface area contributed by atoms with Crippen molar-refractivity contribution in [3.05, 3.63) is 87.7 Å². The molecule has 1 aromatic heterocycles. The first-order valence-electron chi connectivity index (χ1n) is 10.3. The second-order valence-electron chi connectivity index (χ2n) is 8.71. The zero-order valence-corrected chi connectivity index (χ0v) is 19.7. The monoisotopic (exact) mass is 434 g/mol. The van der Waals surface area contributed by atoms with E-state index in [0.29, 0.717) is 17.5 Å². The van der Waals surface area contributed by atoms with Crippen LogP contribution in [0.2, 0.25) is 0 Å². The highest BCUT2D eigenvalue weighted by atomic mass is 32.2. The summed E-state index contributed by atoms with van der Waals surface area (Å²) in [5, 5.41) is 12.3. The predicted octanol–water partition coefficient (Wildman–Crippen LogP) is 5.77. The van der Waals surface area contributed by atoms with E-state index in [1.165, 1.54) is 22.9 Å². The minimum atomic E-state index is -0.207. The number of rotatable bonds is 7. The highest BCUT2D eigenvalue weighted by Gasteiger charge is 2.15. The summed E-state index contributed by atoms with van der Waals surface area (Å²) < 4.78 is 1.61. The van der Waals surface area contributed by atoms with Gasteiger partial charge < -0.3 is 5.32 Å². The third-order valence-electron chi connectivity index (χ3n) is 5.06. The van der Waals surface area contributed by atoms with E-state index < -0.39 is 0 Å². The predicted molar refractivity (Wildman–Crippen MR) is 130 cm³/mol. The van der Waals surface area contributed by atoms with Crippen molar-refractivity contribution in [2.45, 2.75) is 57.5 Å².